The minimum absolute atomic E-state index is 0.0545. The number of carbonyl (C=O) groups excluding carboxylic acids is 1. The van der Waals surface area contributed by atoms with Crippen molar-refractivity contribution in [2.24, 2.45) is 17.0 Å². The van der Waals surface area contributed by atoms with Crippen molar-refractivity contribution in [2.45, 2.75) is 37.5 Å². The quantitative estimate of drug-likeness (QED) is 0.838. The molecule has 118 valence electrons. The van der Waals surface area contributed by atoms with Gasteiger partial charge in [-0.05, 0) is 34.2 Å². The fraction of sp³-hybridized carbons (Fsp3) is 0.615. The first-order chi connectivity index (χ1) is 9.79. The lowest BCUT2D eigenvalue weighted by molar-refractivity contribution is 0.0907. The molecule has 1 aliphatic carbocycles. The van der Waals surface area contributed by atoms with Crippen molar-refractivity contribution in [1.29, 1.82) is 0 Å². The van der Waals surface area contributed by atoms with E-state index in [-0.39, 0.29) is 15.3 Å². The van der Waals surface area contributed by atoms with Gasteiger partial charge in [0.25, 0.3) is 5.91 Å². The Bertz CT molecular complexity index is 626. The average Bonchev–Trinajstić information content (AvgIpc) is 2.79. The van der Waals surface area contributed by atoms with Crippen LogP contribution in [0.3, 0.4) is 0 Å². The molecular weight excluding hydrogens is 360 g/mol. The molecule has 0 aromatic carbocycles. The van der Waals surface area contributed by atoms with Gasteiger partial charge in [0.15, 0.2) is 10.4 Å². The maximum absolute atomic E-state index is 12.0. The van der Waals surface area contributed by atoms with Crippen molar-refractivity contribution in [1.82, 2.24) is 5.32 Å². The highest BCUT2D eigenvalue weighted by atomic mass is 79.9. The molecule has 1 fully saturated rings. The lowest BCUT2D eigenvalue weighted by atomic mass is 9.80. The summed E-state index contributed by atoms with van der Waals surface area (Å²) in [6, 6.07) is 1.14. The van der Waals surface area contributed by atoms with Gasteiger partial charge in [-0.2, -0.15) is 0 Å². The minimum atomic E-state index is -3.91. The first-order valence-electron chi connectivity index (χ1n) is 6.89. The molecule has 3 N–H and O–H groups in total. The van der Waals surface area contributed by atoms with Crippen molar-refractivity contribution in [3.05, 3.63) is 16.5 Å². The summed E-state index contributed by atoms with van der Waals surface area (Å²) in [6.07, 6.45) is 4.72. The molecular formula is C13H19BrN2O4S. The van der Waals surface area contributed by atoms with Crippen LogP contribution in [0.15, 0.2) is 20.0 Å². The van der Waals surface area contributed by atoms with Gasteiger partial charge in [0, 0.05) is 12.6 Å². The van der Waals surface area contributed by atoms with E-state index in [1.807, 2.05) is 0 Å². The number of furan rings is 1. The highest BCUT2D eigenvalue weighted by Gasteiger charge is 2.24. The maximum Gasteiger partial charge on any atom is 0.287 e. The molecule has 6 nitrogen and oxygen atoms in total. The van der Waals surface area contributed by atoms with Crippen LogP contribution in [0.4, 0.5) is 0 Å². The van der Waals surface area contributed by atoms with Crippen molar-refractivity contribution in [3.63, 3.8) is 0 Å². The first-order valence-corrected chi connectivity index (χ1v) is 9.23. The van der Waals surface area contributed by atoms with Gasteiger partial charge in [0.2, 0.25) is 10.0 Å². The van der Waals surface area contributed by atoms with Crippen LogP contribution in [0.1, 0.15) is 43.2 Å². The van der Waals surface area contributed by atoms with E-state index in [2.05, 4.69) is 28.2 Å². The zero-order valence-corrected chi connectivity index (χ0v) is 14.2. The third kappa shape index (κ3) is 4.08. The van der Waals surface area contributed by atoms with E-state index in [9.17, 15) is 13.2 Å². The van der Waals surface area contributed by atoms with Gasteiger partial charge < -0.3 is 9.73 Å². The predicted octanol–water partition coefficient (Wildman–Crippen LogP) is 2.25. The molecule has 1 heterocycles. The molecule has 2 unspecified atom stereocenters. The van der Waals surface area contributed by atoms with Gasteiger partial charge in [-0.15, -0.1) is 0 Å². The summed E-state index contributed by atoms with van der Waals surface area (Å²) in [5.41, 5.74) is 0. The van der Waals surface area contributed by atoms with Gasteiger partial charge in [0.1, 0.15) is 4.90 Å². The standard InChI is InChI=1S/C13H19BrN2O4S/c1-8-4-2-3-5-9(8)7-16-13(17)10-6-11(12(14)20-10)21(15,18)19/h6,8-9H,2-5,7H2,1H3,(H,16,17)(H2,15,18,19). The molecule has 0 bridgehead atoms. The number of nitrogens with two attached hydrogens (primary N) is 1. The summed E-state index contributed by atoms with van der Waals surface area (Å²) < 4.78 is 27.6. The van der Waals surface area contributed by atoms with E-state index in [1.54, 1.807) is 0 Å². The topological polar surface area (TPSA) is 102 Å². The smallest absolute Gasteiger partial charge is 0.287 e. The third-order valence-corrected chi connectivity index (χ3v) is 5.77. The summed E-state index contributed by atoms with van der Waals surface area (Å²) in [4.78, 5) is 11.8. The Morgan fingerprint density at radius 3 is 2.71 bits per heavy atom. The molecule has 0 spiro atoms. The Morgan fingerprint density at radius 2 is 2.14 bits per heavy atom. The van der Waals surface area contributed by atoms with E-state index >= 15 is 0 Å². The van der Waals surface area contributed by atoms with Crippen LogP contribution in [-0.4, -0.2) is 20.9 Å². The van der Waals surface area contributed by atoms with Crippen LogP contribution in [0, 0.1) is 11.8 Å². The highest BCUT2D eigenvalue weighted by Crippen LogP contribution is 2.29. The Morgan fingerprint density at radius 1 is 1.48 bits per heavy atom. The van der Waals surface area contributed by atoms with Gasteiger partial charge >= 0.3 is 0 Å². The maximum atomic E-state index is 12.0. The minimum Gasteiger partial charge on any atom is -0.443 e. The predicted molar refractivity (Wildman–Crippen MR) is 81.2 cm³/mol. The van der Waals surface area contributed by atoms with Gasteiger partial charge in [0.05, 0.1) is 0 Å². The van der Waals surface area contributed by atoms with Crippen LogP contribution >= 0.6 is 15.9 Å². The molecule has 1 saturated carbocycles. The molecule has 1 aromatic heterocycles. The Kier molecular flexibility index (Phi) is 5.11. The lowest BCUT2D eigenvalue weighted by Gasteiger charge is -2.28. The number of primary sulfonamides is 1. The number of halogens is 1. The molecule has 0 saturated heterocycles. The molecule has 0 radical (unpaired) electrons. The second-order valence-corrected chi connectivity index (χ2v) is 7.78. The Balaban J connectivity index is 2.01. The molecule has 1 amide bonds. The van der Waals surface area contributed by atoms with Crippen LogP contribution in [0.25, 0.3) is 0 Å². The SMILES string of the molecule is CC1CCCCC1CNC(=O)c1cc(S(N)(=O)=O)c(Br)o1. The van der Waals surface area contributed by atoms with Crippen LogP contribution in [0.2, 0.25) is 0 Å². The summed E-state index contributed by atoms with van der Waals surface area (Å²) in [6.45, 7) is 2.77. The average molecular weight is 379 g/mol. The van der Waals surface area contributed by atoms with Gasteiger partial charge in [-0.3, -0.25) is 4.79 Å². The van der Waals surface area contributed by atoms with Gasteiger partial charge in [-0.1, -0.05) is 26.2 Å². The van der Waals surface area contributed by atoms with Crippen LogP contribution in [-0.2, 0) is 10.0 Å². The van der Waals surface area contributed by atoms with E-state index in [1.165, 1.54) is 19.3 Å². The van der Waals surface area contributed by atoms with Crippen molar-refractivity contribution in [3.8, 4) is 0 Å². The zero-order chi connectivity index (χ0) is 15.6. The zero-order valence-electron chi connectivity index (χ0n) is 11.8. The second-order valence-electron chi connectivity index (χ2n) is 5.53. The fourth-order valence-corrected chi connectivity index (χ4v) is 4.17. The van der Waals surface area contributed by atoms with Crippen LogP contribution in [0.5, 0.6) is 0 Å². The second kappa shape index (κ2) is 6.50. The molecule has 0 aliphatic heterocycles. The number of rotatable bonds is 4. The summed E-state index contributed by atoms with van der Waals surface area (Å²) in [5, 5.41) is 7.83. The number of hydrogen-bond donors (Lipinski definition) is 2. The Hall–Kier alpha value is -0.860. The molecule has 8 heteroatoms. The number of carbonyl (C=O) groups is 1. The number of nitrogens with one attached hydrogen (secondary N) is 1. The van der Waals surface area contributed by atoms with Crippen molar-refractivity contribution >= 4 is 31.9 Å². The molecule has 2 rings (SSSR count). The van der Waals surface area contributed by atoms with E-state index in [4.69, 9.17) is 9.56 Å². The van der Waals surface area contributed by atoms with E-state index < -0.39 is 15.9 Å². The Labute approximate surface area is 132 Å². The fourth-order valence-electron chi connectivity index (χ4n) is 2.67. The number of hydrogen-bond acceptors (Lipinski definition) is 4. The van der Waals surface area contributed by atoms with E-state index in [0.29, 0.717) is 18.4 Å². The van der Waals surface area contributed by atoms with E-state index in [0.717, 1.165) is 12.5 Å². The monoisotopic (exact) mass is 378 g/mol. The van der Waals surface area contributed by atoms with Crippen LogP contribution < -0.4 is 10.5 Å². The summed E-state index contributed by atoms with van der Waals surface area (Å²) in [7, 11) is -3.91. The summed E-state index contributed by atoms with van der Waals surface area (Å²) in [5.74, 6) is 0.555. The lowest BCUT2D eigenvalue weighted by Crippen LogP contribution is -2.33. The summed E-state index contributed by atoms with van der Waals surface area (Å²) >= 11 is 2.95. The van der Waals surface area contributed by atoms with Crippen molar-refractivity contribution < 1.29 is 17.6 Å². The molecule has 1 aromatic rings. The first kappa shape index (κ1) is 16.5. The molecule has 2 atom stereocenters. The highest BCUT2D eigenvalue weighted by molar-refractivity contribution is 9.10. The van der Waals surface area contributed by atoms with Gasteiger partial charge in [-0.25, -0.2) is 13.6 Å². The molecule has 1 aliphatic rings. The number of sulfonamides is 1. The number of amides is 1. The molecule has 21 heavy (non-hydrogen) atoms. The normalized spacial score (nSPS) is 23.0. The van der Waals surface area contributed by atoms with Crippen molar-refractivity contribution in [2.75, 3.05) is 6.54 Å². The largest absolute Gasteiger partial charge is 0.443 e. The third-order valence-electron chi connectivity index (χ3n) is 4.00.